The first-order valence-corrected chi connectivity index (χ1v) is 7.27. The van der Waals surface area contributed by atoms with Gasteiger partial charge in [-0.2, -0.15) is 0 Å². The lowest BCUT2D eigenvalue weighted by Crippen LogP contribution is -1.89. The van der Waals surface area contributed by atoms with E-state index in [0.717, 1.165) is 16.7 Å². The molecular formula is C13H7BrCl3F. The molecule has 0 heterocycles. The monoisotopic (exact) mass is 366 g/mol. The van der Waals surface area contributed by atoms with Gasteiger partial charge in [0, 0.05) is 15.9 Å². The highest BCUT2D eigenvalue weighted by Gasteiger charge is 2.12. The molecule has 2 aromatic carbocycles. The first kappa shape index (κ1) is 14.1. The highest BCUT2D eigenvalue weighted by atomic mass is 79.9. The average molecular weight is 368 g/mol. The van der Waals surface area contributed by atoms with Crippen LogP contribution in [0, 0.1) is 5.82 Å². The Labute approximate surface area is 128 Å². The zero-order valence-corrected chi connectivity index (χ0v) is 12.8. The van der Waals surface area contributed by atoms with E-state index in [-0.39, 0.29) is 5.82 Å². The van der Waals surface area contributed by atoms with Gasteiger partial charge in [-0.25, -0.2) is 4.39 Å². The van der Waals surface area contributed by atoms with Gasteiger partial charge in [-0.05, 0) is 35.4 Å². The highest BCUT2D eigenvalue weighted by molar-refractivity contribution is 9.08. The molecule has 94 valence electrons. The van der Waals surface area contributed by atoms with Crippen molar-refractivity contribution in [2.24, 2.45) is 0 Å². The minimum Gasteiger partial charge on any atom is -0.207 e. The Morgan fingerprint density at radius 2 is 1.56 bits per heavy atom. The van der Waals surface area contributed by atoms with Gasteiger partial charge in [-0.1, -0.05) is 56.8 Å². The molecule has 2 aromatic rings. The van der Waals surface area contributed by atoms with Gasteiger partial charge in [0.1, 0.15) is 5.82 Å². The largest absolute Gasteiger partial charge is 0.207 e. The van der Waals surface area contributed by atoms with Gasteiger partial charge in [0.2, 0.25) is 0 Å². The van der Waals surface area contributed by atoms with Crippen molar-refractivity contribution in [3.8, 4) is 11.1 Å². The molecule has 0 amide bonds. The van der Waals surface area contributed by atoms with Gasteiger partial charge in [0.15, 0.2) is 0 Å². The van der Waals surface area contributed by atoms with E-state index in [2.05, 4.69) is 15.9 Å². The number of alkyl halides is 1. The maximum absolute atomic E-state index is 13.2. The molecule has 0 nitrogen and oxygen atoms in total. The highest BCUT2D eigenvalue weighted by Crippen LogP contribution is 2.37. The molecule has 0 aromatic heterocycles. The smallest absolute Gasteiger partial charge is 0.123 e. The van der Waals surface area contributed by atoms with Crippen LogP contribution in [0.15, 0.2) is 30.3 Å². The lowest BCUT2D eigenvalue weighted by Gasteiger charge is -2.11. The molecule has 5 heteroatoms. The van der Waals surface area contributed by atoms with Crippen LogP contribution in [0.2, 0.25) is 15.1 Å². The average Bonchev–Trinajstić information content (AvgIpc) is 2.34. The van der Waals surface area contributed by atoms with E-state index in [1.807, 2.05) is 0 Å². The SMILES string of the molecule is Fc1ccc(-c2cc(Cl)c(Cl)cc2Cl)c(CBr)c1. The molecule has 0 aliphatic rings. The second-order valence-corrected chi connectivity index (χ2v) is 5.46. The molecule has 0 unspecified atom stereocenters. The summed E-state index contributed by atoms with van der Waals surface area (Å²) in [6.45, 7) is 0. The molecule has 0 saturated heterocycles. The van der Waals surface area contributed by atoms with Gasteiger partial charge >= 0.3 is 0 Å². The third kappa shape index (κ3) is 2.83. The molecule has 0 aliphatic heterocycles. The Morgan fingerprint density at radius 1 is 0.889 bits per heavy atom. The summed E-state index contributed by atoms with van der Waals surface area (Å²) >= 11 is 21.4. The summed E-state index contributed by atoms with van der Waals surface area (Å²) in [5.41, 5.74) is 2.37. The van der Waals surface area contributed by atoms with Crippen LogP contribution in [0.25, 0.3) is 11.1 Å². The van der Waals surface area contributed by atoms with Crippen LogP contribution >= 0.6 is 50.7 Å². The Morgan fingerprint density at radius 3 is 2.22 bits per heavy atom. The lowest BCUT2D eigenvalue weighted by atomic mass is 10.0. The van der Waals surface area contributed by atoms with Crippen LogP contribution in [0.3, 0.4) is 0 Å². The van der Waals surface area contributed by atoms with Gasteiger partial charge in [0.05, 0.1) is 10.0 Å². The van der Waals surface area contributed by atoms with Crippen molar-refractivity contribution in [1.82, 2.24) is 0 Å². The van der Waals surface area contributed by atoms with E-state index in [9.17, 15) is 4.39 Å². The van der Waals surface area contributed by atoms with E-state index in [1.165, 1.54) is 12.1 Å². The van der Waals surface area contributed by atoms with Gasteiger partial charge in [0.25, 0.3) is 0 Å². The third-order valence-electron chi connectivity index (χ3n) is 2.51. The summed E-state index contributed by atoms with van der Waals surface area (Å²) in [6, 6.07) is 7.80. The van der Waals surface area contributed by atoms with Crippen molar-refractivity contribution in [2.45, 2.75) is 5.33 Å². The first-order valence-electron chi connectivity index (χ1n) is 5.02. The summed E-state index contributed by atoms with van der Waals surface area (Å²) in [5, 5.41) is 1.82. The second kappa shape index (κ2) is 5.79. The van der Waals surface area contributed by atoms with E-state index in [1.54, 1.807) is 18.2 Å². The predicted octanol–water partition coefficient (Wildman–Crippen LogP) is 6.35. The topological polar surface area (TPSA) is 0 Å². The molecule has 0 spiro atoms. The molecule has 0 radical (unpaired) electrons. The maximum Gasteiger partial charge on any atom is 0.123 e. The quantitative estimate of drug-likeness (QED) is 0.428. The summed E-state index contributed by atoms with van der Waals surface area (Å²) in [6.07, 6.45) is 0. The molecule has 0 aliphatic carbocycles. The molecular weight excluding hydrogens is 361 g/mol. The summed E-state index contributed by atoms with van der Waals surface area (Å²) in [7, 11) is 0. The first-order chi connectivity index (χ1) is 8.52. The van der Waals surface area contributed by atoms with E-state index in [0.29, 0.717) is 20.4 Å². The number of hydrogen-bond acceptors (Lipinski definition) is 0. The van der Waals surface area contributed by atoms with Crippen LogP contribution in [-0.2, 0) is 5.33 Å². The molecule has 0 fully saturated rings. The Bertz CT molecular complexity index is 599. The molecule has 18 heavy (non-hydrogen) atoms. The van der Waals surface area contributed by atoms with E-state index >= 15 is 0 Å². The summed E-state index contributed by atoms with van der Waals surface area (Å²) < 4.78 is 13.2. The minimum atomic E-state index is -0.288. The van der Waals surface area contributed by atoms with Crippen LogP contribution in [0.5, 0.6) is 0 Å². The normalized spacial score (nSPS) is 10.7. The fourth-order valence-electron chi connectivity index (χ4n) is 1.66. The second-order valence-electron chi connectivity index (χ2n) is 3.68. The minimum absolute atomic E-state index is 0.288. The fourth-order valence-corrected chi connectivity index (χ4v) is 2.78. The van der Waals surface area contributed by atoms with E-state index in [4.69, 9.17) is 34.8 Å². The van der Waals surface area contributed by atoms with Gasteiger partial charge < -0.3 is 0 Å². The Hall–Kier alpha value is -0.280. The standard InChI is InChI=1S/C13H7BrCl3F/c14-6-7-3-8(18)1-2-9(7)10-4-12(16)13(17)5-11(10)15/h1-5H,6H2. The zero-order chi connectivity index (χ0) is 13.3. The van der Waals surface area contributed by atoms with Gasteiger partial charge in [-0.15, -0.1) is 0 Å². The predicted molar refractivity (Wildman–Crippen MR) is 79.5 cm³/mol. The van der Waals surface area contributed by atoms with Crippen molar-refractivity contribution in [3.05, 3.63) is 56.8 Å². The third-order valence-corrected chi connectivity index (χ3v) is 4.15. The Kier molecular flexibility index (Phi) is 4.54. The summed E-state index contributed by atoms with van der Waals surface area (Å²) in [4.78, 5) is 0. The molecule has 0 atom stereocenters. The van der Waals surface area contributed by atoms with Crippen molar-refractivity contribution in [2.75, 3.05) is 0 Å². The maximum atomic E-state index is 13.2. The van der Waals surface area contributed by atoms with Crippen molar-refractivity contribution in [1.29, 1.82) is 0 Å². The van der Waals surface area contributed by atoms with Crippen LogP contribution < -0.4 is 0 Å². The van der Waals surface area contributed by atoms with Crippen molar-refractivity contribution >= 4 is 50.7 Å². The molecule has 2 rings (SSSR count). The number of halogens is 5. The fraction of sp³-hybridized carbons (Fsp3) is 0.0769. The van der Waals surface area contributed by atoms with Gasteiger partial charge in [-0.3, -0.25) is 0 Å². The summed E-state index contributed by atoms with van der Waals surface area (Å²) in [5.74, 6) is -0.288. The molecule has 0 bridgehead atoms. The van der Waals surface area contributed by atoms with Crippen LogP contribution in [0.1, 0.15) is 5.56 Å². The van der Waals surface area contributed by atoms with Crippen molar-refractivity contribution < 1.29 is 4.39 Å². The van der Waals surface area contributed by atoms with Crippen molar-refractivity contribution in [3.63, 3.8) is 0 Å². The Balaban J connectivity index is 2.65. The number of rotatable bonds is 2. The van der Waals surface area contributed by atoms with Crippen LogP contribution in [-0.4, -0.2) is 0 Å². The number of benzene rings is 2. The molecule has 0 N–H and O–H groups in total. The lowest BCUT2D eigenvalue weighted by molar-refractivity contribution is 0.627. The zero-order valence-electron chi connectivity index (χ0n) is 8.98. The van der Waals surface area contributed by atoms with E-state index < -0.39 is 0 Å². The molecule has 0 saturated carbocycles. The number of hydrogen-bond donors (Lipinski definition) is 0. The van der Waals surface area contributed by atoms with Crippen LogP contribution in [0.4, 0.5) is 4.39 Å².